The molecule has 0 aliphatic carbocycles. The van der Waals surface area contributed by atoms with Gasteiger partial charge < -0.3 is 14.4 Å². The van der Waals surface area contributed by atoms with Gasteiger partial charge in [0.1, 0.15) is 5.75 Å². The summed E-state index contributed by atoms with van der Waals surface area (Å²) in [5, 5.41) is 0. The van der Waals surface area contributed by atoms with Crippen molar-refractivity contribution in [2.45, 2.75) is 76.1 Å². The molecule has 2 aliphatic heterocycles. The van der Waals surface area contributed by atoms with Crippen molar-refractivity contribution in [3.63, 3.8) is 0 Å². The lowest BCUT2D eigenvalue weighted by Crippen LogP contribution is -2.55. The van der Waals surface area contributed by atoms with E-state index in [2.05, 4.69) is 0 Å². The Hall–Kier alpha value is -2.54. The fraction of sp³-hybridized carbons (Fsp3) is 0.552. The van der Waals surface area contributed by atoms with Crippen LogP contribution in [0.4, 0.5) is 13.2 Å². The number of likely N-dealkylation sites (tertiary alicyclic amines) is 1. The van der Waals surface area contributed by atoms with E-state index in [4.69, 9.17) is 9.47 Å². The first-order valence-corrected chi connectivity index (χ1v) is 12.9. The summed E-state index contributed by atoms with van der Waals surface area (Å²) in [4.78, 5) is 15.7. The first kappa shape index (κ1) is 26.5. The maximum atomic E-state index is 14.2. The monoisotopic (exact) mass is 503 g/mol. The van der Waals surface area contributed by atoms with Crippen LogP contribution in [0.3, 0.4) is 0 Å². The van der Waals surface area contributed by atoms with Crippen molar-refractivity contribution in [3.05, 3.63) is 65.2 Å². The van der Waals surface area contributed by atoms with E-state index in [0.29, 0.717) is 51.2 Å². The molecule has 2 aromatic carbocycles. The minimum Gasteiger partial charge on any atom is -0.496 e. The molecular formula is C29H36F3NO3. The van der Waals surface area contributed by atoms with E-state index in [0.717, 1.165) is 16.7 Å². The lowest BCUT2D eigenvalue weighted by molar-refractivity contribution is -0.162. The summed E-state index contributed by atoms with van der Waals surface area (Å²) in [5.74, 6) is 0.0359. The number of hydrogen-bond acceptors (Lipinski definition) is 3. The van der Waals surface area contributed by atoms with Crippen LogP contribution in [0.15, 0.2) is 48.5 Å². The number of fused-ring (bicyclic) bond motifs is 1. The summed E-state index contributed by atoms with van der Waals surface area (Å²) < 4.78 is 52.7. The molecule has 0 saturated carbocycles. The van der Waals surface area contributed by atoms with Gasteiger partial charge in [0, 0.05) is 29.5 Å². The number of hydrogen-bond donors (Lipinski definition) is 0. The average Bonchev–Trinajstić information content (AvgIpc) is 2.88. The van der Waals surface area contributed by atoms with Crippen LogP contribution in [0, 0.1) is 5.92 Å². The lowest BCUT2D eigenvalue weighted by atomic mass is 9.64. The third-order valence-electron chi connectivity index (χ3n) is 8.24. The summed E-state index contributed by atoms with van der Waals surface area (Å²) in [5.41, 5.74) is 2.36. The highest BCUT2D eigenvalue weighted by Gasteiger charge is 2.49. The predicted molar refractivity (Wildman–Crippen MR) is 133 cm³/mol. The Morgan fingerprint density at radius 2 is 1.92 bits per heavy atom. The normalized spacial score (nSPS) is 25.2. The second-order valence-electron chi connectivity index (χ2n) is 10.1. The Morgan fingerprint density at radius 3 is 2.56 bits per heavy atom. The number of halogens is 3. The van der Waals surface area contributed by atoms with Crippen LogP contribution in [0.1, 0.15) is 68.6 Å². The Morgan fingerprint density at radius 1 is 1.17 bits per heavy atom. The second kappa shape index (κ2) is 10.8. The third kappa shape index (κ3) is 5.13. The number of amides is 1. The largest absolute Gasteiger partial charge is 0.496 e. The second-order valence-corrected chi connectivity index (χ2v) is 10.1. The quantitative estimate of drug-likeness (QED) is 0.426. The number of piperidine rings is 1. The fourth-order valence-electron chi connectivity index (χ4n) is 6.44. The zero-order valence-corrected chi connectivity index (χ0v) is 21.3. The van der Waals surface area contributed by atoms with E-state index in [-0.39, 0.29) is 11.8 Å². The summed E-state index contributed by atoms with van der Waals surface area (Å²) in [6.45, 7) is 5.05. The van der Waals surface area contributed by atoms with Crippen LogP contribution in [0.2, 0.25) is 0 Å². The minimum atomic E-state index is -4.35. The highest BCUT2D eigenvalue weighted by Crippen LogP contribution is 2.47. The summed E-state index contributed by atoms with van der Waals surface area (Å²) in [6, 6.07) is 14.6. The molecule has 0 bridgehead atoms. The van der Waals surface area contributed by atoms with Crippen molar-refractivity contribution in [3.8, 4) is 5.75 Å². The first-order chi connectivity index (χ1) is 17.2. The van der Waals surface area contributed by atoms with Gasteiger partial charge in [-0.15, -0.1) is 0 Å². The molecule has 1 saturated heterocycles. The van der Waals surface area contributed by atoms with E-state index in [9.17, 15) is 18.0 Å². The lowest BCUT2D eigenvalue weighted by Gasteiger charge is -2.48. The molecule has 2 aromatic rings. The predicted octanol–water partition coefficient (Wildman–Crippen LogP) is 6.63. The molecule has 1 fully saturated rings. The van der Waals surface area contributed by atoms with Crippen molar-refractivity contribution in [2.24, 2.45) is 5.92 Å². The number of ether oxygens (including phenoxy) is 2. The van der Waals surface area contributed by atoms with Crippen LogP contribution >= 0.6 is 0 Å². The molecule has 2 aliphatic rings. The van der Waals surface area contributed by atoms with Crippen LogP contribution in [-0.2, 0) is 21.6 Å². The molecule has 7 heteroatoms. The smallest absolute Gasteiger partial charge is 0.391 e. The van der Waals surface area contributed by atoms with E-state index in [1.807, 2.05) is 62.4 Å². The zero-order chi connectivity index (χ0) is 25.9. The van der Waals surface area contributed by atoms with Crippen LogP contribution in [0.5, 0.6) is 5.75 Å². The van der Waals surface area contributed by atoms with Gasteiger partial charge in [0.05, 0.1) is 26.7 Å². The summed E-state index contributed by atoms with van der Waals surface area (Å²) in [6.07, 6.45) is -3.21. The highest BCUT2D eigenvalue weighted by molar-refractivity contribution is 5.81. The molecule has 0 unspecified atom stereocenters. The van der Waals surface area contributed by atoms with Gasteiger partial charge in [-0.05, 0) is 48.8 Å². The Labute approximate surface area is 211 Å². The van der Waals surface area contributed by atoms with Crippen molar-refractivity contribution in [1.82, 2.24) is 4.90 Å². The number of nitrogens with zero attached hydrogens (tertiary/aromatic N) is 1. The highest BCUT2D eigenvalue weighted by atomic mass is 19.4. The molecule has 1 amide bonds. The number of alkyl halides is 3. The van der Waals surface area contributed by atoms with Crippen LogP contribution in [0.25, 0.3) is 0 Å². The Bertz CT molecular complexity index is 1040. The zero-order valence-electron chi connectivity index (χ0n) is 21.3. The van der Waals surface area contributed by atoms with Gasteiger partial charge in [0.15, 0.2) is 0 Å². The molecule has 0 radical (unpaired) electrons. The van der Waals surface area contributed by atoms with Gasteiger partial charge >= 0.3 is 6.18 Å². The standard InChI is InChI=1S/C29H36F3NO3/c1-4-24(28(5-2)19-36-18-23-25(28)12-9-13-26(23)35-3)27(34)33-15-14-21(20-10-7-6-8-11-20)16-22(33)17-29(30,31)32/h6-13,21-22,24H,4-5,14-19H2,1-3H3/t21-,22+,24+,28+/m1/s1. The molecule has 4 atom stereocenters. The fourth-order valence-corrected chi connectivity index (χ4v) is 6.44. The molecule has 4 rings (SSSR count). The van der Waals surface area contributed by atoms with Crippen LogP contribution < -0.4 is 4.74 Å². The SMILES string of the molecule is CC[C@@H](C(=O)N1CC[C@@H](c2ccccc2)C[C@H]1CC(F)(F)F)[C@]1(CC)COCc2c(OC)cccc21. The molecular weight excluding hydrogens is 467 g/mol. The summed E-state index contributed by atoms with van der Waals surface area (Å²) in [7, 11) is 1.61. The maximum Gasteiger partial charge on any atom is 0.391 e. The van der Waals surface area contributed by atoms with E-state index < -0.39 is 30.0 Å². The first-order valence-electron chi connectivity index (χ1n) is 12.9. The van der Waals surface area contributed by atoms with Crippen molar-refractivity contribution in [2.75, 3.05) is 20.3 Å². The van der Waals surface area contributed by atoms with Crippen molar-refractivity contribution in [1.29, 1.82) is 0 Å². The molecule has 0 N–H and O–H groups in total. The topological polar surface area (TPSA) is 38.8 Å². The van der Waals surface area contributed by atoms with E-state index in [1.165, 1.54) is 4.90 Å². The Balaban J connectivity index is 1.68. The van der Waals surface area contributed by atoms with E-state index in [1.54, 1.807) is 7.11 Å². The molecule has 36 heavy (non-hydrogen) atoms. The number of carbonyl (C=O) groups excluding carboxylic acids is 1. The molecule has 2 heterocycles. The molecule has 4 nitrogen and oxygen atoms in total. The van der Waals surface area contributed by atoms with Gasteiger partial charge in [-0.25, -0.2) is 0 Å². The van der Waals surface area contributed by atoms with E-state index >= 15 is 0 Å². The summed E-state index contributed by atoms with van der Waals surface area (Å²) >= 11 is 0. The van der Waals surface area contributed by atoms with Crippen molar-refractivity contribution < 1.29 is 27.4 Å². The number of benzene rings is 2. The van der Waals surface area contributed by atoms with Crippen LogP contribution in [-0.4, -0.2) is 43.3 Å². The van der Waals surface area contributed by atoms with Gasteiger partial charge in [-0.2, -0.15) is 13.2 Å². The van der Waals surface area contributed by atoms with Gasteiger partial charge in [0.2, 0.25) is 5.91 Å². The molecule has 0 aromatic heterocycles. The maximum absolute atomic E-state index is 14.2. The number of rotatable bonds is 7. The van der Waals surface area contributed by atoms with Crippen molar-refractivity contribution >= 4 is 5.91 Å². The average molecular weight is 504 g/mol. The molecule has 196 valence electrons. The number of methoxy groups -OCH3 is 1. The molecule has 0 spiro atoms. The van der Waals surface area contributed by atoms with Gasteiger partial charge in [0.25, 0.3) is 0 Å². The van der Waals surface area contributed by atoms with Gasteiger partial charge in [-0.3, -0.25) is 4.79 Å². The Kier molecular flexibility index (Phi) is 7.98. The third-order valence-corrected chi connectivity index (χ3v) is 8.24. The minimum absolute atomic E-state index is 0.00538. The van der Waals surface area contributed by atoms with Gasteiger partial charge in [-0.1, -0.05) is 56.3 Å². The number of carbonyl (C=O) groups is 1.